The van der Waals surface area contributed by atoms with Gasteiger partial charge in [-0.3, -0.25) is 0 Å². The van der Waals surface area contributed by atoms with Crippen LogP contribution in [-0.4, -0.2) is 14.3 Å². The van der Waals surface area contributed by atoms with Crippen molar-refractivity contribution in [3.05, 3.63) is 58.5 Å². The Hall–Kier alpha value is -0.0200. The van der Waals surface area contributed by atoms with Crippen molar-refractivity contribution in [1.82, 2.24) is 0 Å². The first-order chi connectivity index (χ1) is 10.2. The molecule has 2 aromatic carbocycles. The molecule has 0 aliphatic rings. The Morgan fingerprint density at radius 2 is 1.68 bits per heavy atom. The minimum absolute atomic E-state index is 0.224. The average molecular weight is 656 g/mol. The van der Waals surface area contributed by atoms with Crippen LogP contribution >= 0.6 is 67.8 Å². The molecule has 2 rings (SSSR count). The topological polar surface area (TPSA) is 69.6 Å². The Bertz CT molecular complexity index is 852. The van der Waals surface area contributed by atoms with E-state index in [9.17, 15) is 17.9 Å². The van der Waals surface area contributed by atoms with Crippen LogP contribution in [0.1, 0.15) is 5.56 Å². The fourth-order valence-electron chi connectivity index (χ4n) is 1.53. The molecule has 0 atom stereocenters. The summed E-state index contributed by atoms with van der Waals surface area (Å²) in [7, 11) is -4.17. The molecular formula is C13H6FI3NO3S-. The highest BCUT2D eigenvalue weighted by molar-refractivity contribution is 14.1. The molecule has 0 spiro atoms. The first kappa shape index (κ1) is 18.3. The van der Waals surface area contributed by atoms with Gasteiger partial charge in [-0.15, -0.1) is 0 Å². The van der Waals surface area contributed by atoms with Gasteiger partial charge in [-0.05, 0) is 104 Å². The maximum absolute atomic E-state index is 12.8. The summed E-state index contributed by atoms with van der Waals surface area (Å²) in [6, 6.07) is 7.61. The summed E-state index contributed by atoms with van der Waals surface area (Å²) in [5, 5.41) is 12.2. The smallest absolute Gasteiger partial charge is 0.281 e. The molecule has 0 N–H and O–H groups in total. The fourth-order valence-corrected chi connectivity index (χ4v) is 4.82. The molecule has 0 aliphatic carbocycles. The minimum Gasteiger partial charge on any atom is -0.858 e. The highest BCUT2D eigenvalue weighted by Crippen LogP contribution is 2.23. The summed E-state index contributed by atoms with van der Waals surface area (Å²) < 4.78 is 42.6. The van der Waals surface area contributed by atoms with Crippen LogP contribution < -0.4 is 5.11 Å². The maximum Gasteiger partial charge on any atom is 0.281 e. The predicted octanol–water partition coefficient (Wildman–Crippen LogP) is 3.14. The van der Waals surface area contributed by atoms with E-state index in [2.05, 4.69) is 27.0 Å². The van der Waals surface area contributed by atoms with Crippen molar-refractivity contribution in [3.63, 3.8) is 0 Å². The molecule has 0 saturated heterocycles. The molecule has 9 heteroatoms. The summed E-state index contributed by atoms with van der Waals surface area (Å²) in [6.07, 6.45) is 0. The van der Waals surface area contributed by atoms with Crippen LogP contribution in [0.15, 0.2) is 45.7 Å². The van der Waals surface area contributed by atoms with E-state index < -0.39 is 21.7 Å². The third kappa shape index (κ3) is 4.29. The summed E-state index contributed by atoms with van der Waals surface area (Å²) in [4.78, 5) is -0.224. The second kappa shape index (κ2) is 7.25. The normalized spacial score (nSPS) is 12.5. The molecule has 22 heavy (non-hydrogen) atoms. The van der Waals surface area contributed by atoms with E-state index in [1.54, 1.807) is 6.07 Å². The van der Waals surface area contributed by atoms with Gasteiger partial charge in [0, 0.05) is 22.2 Å². The summed E-state index contributed by atoms with van der Waals surface area (Å²) in [5.74, 6) is -1.41. The average Bonchev–Trinajstić information content (AvgIpc) is 2.42. The number of hydrogen-bond acceptors (Lipinski definition) is 3. The van der Waals surface area contributed by atoms with Crippen LogP contribution in [-0.2, 0) is 10.0 Å². The number of sulfonamides is 1. The van der Waals surface area contributed by atoms with Gasteiger partial charge in [0.1, 0.15) is 5.82 Å². The second-order valence-electron chi connectivity index (χ2n) is 4.07. The lowest BCUT2D eigenvalue weighted by Gasteiger charge is -2.14. The first-order valence-corrected chi connectivity index (χ1v) is 10.3. The Balaban J connectivity index is 2.50. The van der Waals surface area contributed by atoms with Gasteiger partial charge in [0.2, 0.25) is 0 Å². The third-order valence-electron chi connectivity index (χ3n) is 2.54. The molecule has 0 bridgehead atoms. The molecule has 0 saturated carbocycles. The summed E-state index contributed by atoms with van der Waals surface area (Å²) in [5.41, 5.74) is 0.225. The van der Waals surface area contributed by atoms with E-state index in [1.165, 1.54) is 0 Å². The molecule has 0 aromatic heterocycles. The van der Waals surface area contributed by atoms with Crippen LogP contribution in [0.2, 0.25) is 0 Å². The summed E-state index contributed by atoms with van der Waals surface area (Å²) >= 11 is 6.08. The first-order valence-electron chi connectivity index (χ1n) is 5.63. The van der Waals surface area contributed by atoms with E-state index in [4.69, 9.17) is 0 Å². The van der Waals surface area contributed by atoms with E-state index >= 15 is 0 Å². The van der Waals surface area contributed by atoms with Crippen LogP contribution in [0.5, 0.6) is 0 Å². The molecule has 4 nitrogen and oxygen atoms in total. The Kier molecular flexibility index (Phi) is 6.04. The third-order valence-corrected chi connectivity index (χ3v) is 7.48. The number of halogens is 4. The van der Waals surface area contributed by atoms with Gasteiger partial charge in [-0.25, -0.2) is 4.39 Å². The molecule has 116 valence electrons. The monoisotopic (exact) mass is 656 g/mol. The zero-order valence-electron chi connectivity index (χ0n) is 10.6. The molecule has 0 unspecified atom stereocenters. The van der Waals surface area contributed by atoms with Crippen molar-refractivity contribution < 1.29 is 17.9 Å². The van der Waals surface area contributed by atoms with Gasteiger partial charge in [0.15, 0.2) is 0 Å². The van der Waals surface area contributed by atoms with Crippen LogP contribution in [0.3, 0.4) is 0 Å². The van der Waals surface area contributed by atoms with Gasteiger partial charge < -0.3 is 5.11 Å². The molecule has 0 aliphatic heterocycles. The molecule has 2 aromatic rings. The number of hydrogen-bond donors (Lipinski definition) is 0. The van der Waals surface area contributed by atoms with Crippen LogP contribution in [0, 0.1) is 16.5 Å². The minimum atomic E-state index is -4.17. The van der Waals surface area contributed by atoms with Crippen molar-refractivity contribution in [2.24, 2.45) is 4.40 Å². The molecule has 0 fully saturated rings. The van der Waals surface area contributed by atoms with Crippen molar-refractivity contribution in [3.8, 4) is 0 Å². The van der Waals surface area contributed by atoms with Gasteiger partial charge in [0.25, 0.3) is 10.0 Å². The van der Waals surface area contributed by atoms with Gasteiger partial charge in [-0.1, -0.05) is 0 Å². The SMILES string of the molecule is O=S(=O)(/N=C(\[O-])c1cc(I)cc(I)c1I)c1ccc(F)cc1. The van der Waals surface area contributed by atoms with Gasteiger partial charge in [0.05, 0.1) is 4.90 Å². The lowest BCUT2D eigenvalue weighted by molar-refractivity contribution is -0.212. The zero-order chi connectivity index (χ0) is 16.5. The summed E-state index contributed by atoms with van der Waals surface area (Å²) in [6.45, 7) is 0. The highest BCUT2D eigenvalue weighted by atomic mass is 127. The zero-order valence-corrected chi connectivity index (χ0v) is 17.8. The lowest BCUT2D eigenvalue weighted by Crippen LogP contribution is -2.22. The molecule has 0 amide bonds. The van der Waals surface area contributed by atoms with Crippen molar-refractivity contribution in [1.29, 1.82) is 0 Å². The standard InChI is InChI=1S/C13H7FI3NO3S/c14-7-1-3-9(4-2-7)22(20,21)18-13(19)10-5-8(15)6-11(16)12(10)17/h1-6H,(H,18,19)/p-1. The van der Waals surface area contributed by atoms with Crippen molar-refractivity contribution >= 4 is 83.7 Å². The fraction of sp³-hybridized carbons (Fsp3) is 0. The van der Waals surface area contributed by atoms with Crippen molar-refractivity contribution in [2.75, 3.05) is 0 Å². The second-order valence-corrected chi connectivity index (χ2v) is 9.17. The number of nitrogens with zero attached hydrogens (tertiary/aromatic N) is 1. The molecule has 0 radical (unpaired) electrons. The van der Waals surface area contributed by atoms with E-state index in [-0.39, 0.29) is 10.5 Å². The van der Waals surface area contributed by atoms with Crippen LogP contribution in [0.25, 0.3) is 0 Å². The lowest BCUT2D eigenvalue weighted by atomic mass is 10.2. The maximum atomic E-state index is 12.8. The van der Waals surface area contributed by atoms with Crippen molar-refractivity contribution in [2.45, 2.75) is 4.90 Å². The Morgan fingerprint density at radius 3 is 2.27 bits per heavy atom. The Labute approximate surface area is 167 Å². The predicted molar refractivity (Wildman–Crippen MR) is 105 cm³/mol. The largest absolute Gasteiger partial charge is 0.858 e. The Morgan fingerprint density at radius 1 is 1.09 bits per heavy atom. The quantitative estimate of drug-likeness (QED) is 0.221. The van der Waals surface area contributed by atoms with Gasteiger partial charge in [-0.2, -0.15) is 12.8 Å². The molecule has 0 heterocycles. The number of rotatable bonds is 3. The van der Waals surface area contributed by atoms with E-state index in [1.807, 2.05) is 51.2 Å². The molecular weight excluding hydrogens is 650 g/mol. The van der Waals surface area contributed by atoms with E-state index in [0.717, 1.165) is 31.4 Å². The van der Waals surface area contributed by atoms with Crippen LogP contribution in [0.4, 0.5) is 4.39 Å². The number of benzene rings is 2. The van der Waals surface area contributed by atoms with E-state index in [0.29, 0.717) is 3.57 Å². The highest BCUT2D eigenvalue weighted by Gasteiger charge is 2.14. The van der Waals surface area contributed by atoms with Gasteiger partial charge >= 0.3 is 0 Å².